The zero-order valence-corrected chi connectivity index (χ0v) is 36.7. The molecular formula is C49H58FN5O6S. The number of rotatable bonds is 14. The average Bonchev–Trinajstić information content (AvgIpc) is 3.69. The third-order valence-corrected chi connectivity index (χ3v) is 17.4. The van der Waals surface area contributed by atoms with E-state index in [0.717, 1.165) is 69.1 Å². The number of piperazine rings is 1. The summed E-state index contributed by atoms with van der Waals surface area (Å²) >= 11 is 0. The number of H-pyrrole nitrogens is 1. The van der Waals surface area contributed by atoms with Crippen molar-refractivity contribution in [2.75, 3.05) is 43.4 Å². The number of sulfone groups is 1. The minimum absolute atomic E-state index is 0.0837. The Balaban J connectivity index is 0.860. The molecule has 1 N–H and O–H groups in total. The lowest BCUT2D eigenvalue weighted by Crippen LogP contribution is -2.62. The van der Waals surface area contributed by atoms with Gasteiger partial charge in [-0.25, -0.2) is 17.8 Å². The number of aromatic nitrogens is 2. The summed E-state index contributed by atoms with van der Waals surface area (Å²) in [6.45, 7) is 6.94. The number of nitro benzene ring substituents is 1. The van der Waals surface area contributed by atoms with Crippen molar-refractivity contribution in [1.29, 1.82) is 0 Å². The number of benzene rings is 2. The van der Waals surface area contributed by atoms with Gasteiger partial charge < -0.3 is 14.6 Å². The Labute approximate surface area is 363 Å². The normalized spacial score (nSPS) is 25.5. The molecule has 13 heteroatoms. The molecule has 3 heterocycles. The maximum Gasteiger partial charge on any atom is 0.273 e. The van der Waals surface area contributed by atoms with Crippen LogP contribution in [-0.2, 0) is 16.3 Å². The number of nitro groups is 1. The maximum atomic E-state index is 15.4. The summed E-state index contributed by atoms with van der Waals surface area (Å²) in [5, 5.41) is 13.0. The van der Waals surface area contributed by atoms with E-state index in [2.05, 4.69) is 26.7 Å². The number of ether oxygens (including phenoxy) is 1. The predicted octanol–water partition coefficient (Wildman–Crippen LogP) is 10.5. The van der Waals surface area contributed by atoms with Gasteiger partial charge in [-0.1, -0.05) is 49.8 Å². The summed E-state index contributed by atoms with van der Waals surface area (Å²) in [5.41, 5.74) is 5.36. The Hall–Kier alpha value is -4.62. The van der Waals surface area contributed by atoms with Gasteiger partial charge in [0.15, 0.2) is 15.6 Å². The van der Waals surface area contributed by atoms with Crippen LogP contribution in [0.1, 0.15) is 119 Å². The highest BCUT2D eigenvalue weighted by molar-refractivity contribution is 7.92. The molecule has 62 heavy (non-hydrogen) atoms. The molecule has 4 aromatic rings. The highest BCUT2D eigenvalue weighted by Gasteiger charge is 2.67. The van der Waals surface area contributed by atoms with E-state index in [9.17, 15) is 23.3 Å². The van der Waals surface area contributed by atoms with Crippen LogP contribution in [0.5, 0.6) is 11.5 Å². The smallest absolute Gasteiger partial charge is 0.273 e. The molecule has 1 aliphatic heterocycles. The maximum absolute atomic E-state index is 15.4. The van der Waals surface area contributed by atoms with Gasteiger partial charge in [-0.3, -0.25) is 19.8 Å². The molecule has 11 rings (SSSR count). The number of Topliss-reactive ketones (excluding diaryl/α,β-unsaturated/α-hetero) is 1. The van der Waals surface area contributed by atoms with E-state index in [1.165, 1.54) is 69.9 Å². The molecule has 328 valence electrons. The molecule has 6 aliphatic carbocycles. The Kier molecular flexibility index (Phi) is 10.4. The number of pyridine rings is 1. The number of ketones is 1. The zero-order chi connectivity index (χ0) is 42.9. The van der Waals surface area contributed by atoms with E-state index >= 15 is 4.39 Å². The van der Waals surface area contributed by atoms with E-state index in [4.69, 9.17) is 4.74 Å². The van der Waals surface area contributed by atoms with Gasteiger partial charge in [0, 0.05) is 67.7 Å². The van der Waals surface area contributed by atoms with E-state index in [0.29, 0.717) is 40.5 Å². The first-order valence-electron chi connectivity index (χ1n) is 22.9. The van der Waals surface area contributed by atoms with Crippen LogP contribution in [0.15, 0.2) is 77.0 Å². The number of allylic oxidation sites excluding steroid dienone is 1. The van der Waals surface area contributed by atoms with Crippen molar-refractivity contribution in [3.05, 3.63) is 93.3 Å². The number of halogens is 1. The molecule has 0 atom stereocenters. The fourth-order valence-corrected chi connectivity index (χ4v) is 13.7. The van der Waals surface area contributed by atoms with E-state index in [-0.39, 0.29) is 40.3 Å². The molecule has 2 aromatic heterocycles. The van der Waals surface area contributed by atoms with Crippen molar-refractivity contribution in [2.45, 2.75) is 120 Å². The molecule has 6 fully saturated rings. The van der Waals surface area contributed by atoms with Crippen molar-refractivity contribution in [2.24, 2.45) is 16.2 Å². The second-order valence-electron chi connectivity index (χ2n) is 20.3. The Morgan fingerprint density at radius 1 is 0.952 bits per heavy atom. The molecule has 5 saturated carbocycles. The molecule has 1 saturated heterocycles. The van der Waals surface area contributed by atoms with Gasteiger partial charge in [0.25, 0.3) is 5.69 Å². The number of hydrogen-bond donors (Lipinski definition) is 1. The second-order valence-corrected chi connectivity index (χ2v) is 22.3. The highest BCUT2D eigenvalue weighted by atomic mass is 32.2. The molecule has 2 aromatic carbocycles. The number of alkyl halides is 1. The van der Waals surface area contributed by atoms with Crippen molar-refractivity contribution in [3.8, 4) is 11.5 Å². The van der Waals surface area contributed by atoms with Crippen LogP contribution in [0.4, 0.5) is 15.8 Å². The summed E-state index contributed by atoms with van der Waals surface area (Å²) < 4.78 is 49.4. The van der Waals surface area contributed by atoms with Crippen LogP contribution in [0.2, 0.25) is 0 Å². The lowest BCUT2D eigenvalue weighted by atomic mass is 9.32. The lowest BCUT2D eigenvalue weighted by Gasteiger charge is -2.72. The predicted molar refractivity (Wildman–Crippen MR) is 238 cm³/mol. The summed E-state index contributed by atoms with van der Waals surface area (Å²) in [5.74, 6) is -1.02. The molecule has 7 aliphatic rings. The first-order valence-corrected chi connectivity index (χ1v) is 24.5. The number of carbonyl (C=O) groups excluding carboxylic acids is 1. The van der Waals surface area contributed by atoms with Crippen LogP contribution < -0.4 is 9.64 Å². The van der Waals surface area contributed by atoms with Crippen LogP contribution in [0, 0.1) is 26.4 Å². The van der Waals surface area contributed by atoms with Gasteiger partial charge in [-0.15, -0.1) is 0 Å². The monoisotopic (exact) mass is 863 g/mol. The van der Waals surface area contributed by atoms with E-state index in [1.54, 1.807) is 24.0 Å². The third-order valence-electron chi connectivity index (χ3n) is 15.8. The van der Waals surface area contributed by atoms with Crippen LogP contribution in [0.3, 0.4) is 0 Å². The van der Waals surface area contributed by atoms with E-state index in [1.807, 2.05) is 29.8 Å². The Morgan fingerprint density at radius 2 is 1.73 bits per heavy atom. The largest absolute Gasteiger partial charge is 0.455 e. The first-order chi connectivity index (χ1) is 29.7. The topological polar surface area (TPSA) is 139 Å². The summed E-state index contributed by atoms with van der Waals surface area (Å²) in [6.07, 6.45) is 19.3. The highest BCUT2D eigenvalue weighted by Crippen LogP contribution is 2.78. The third kappa shape index (κ3) is 7.86. The fraction of sp³-hybridized carbons (Fsp3) is 0.551. The molecule has 2 bridgehead atoms. The summed E-state index contributed by atoms with van der Waals surface area (Å²) in [4.78, 5) is 37.7. The van der Waals surface area contributed by atoms with Crippen LogP contribution >= 0.6 is 0 Å². The number of nitrogens with one attached hydrogen (secondary N) is 1. The number of nitrogens with zero attached hydrogens (tertiary/aromatic N) is 4. The number of aromatic amines is 1. The molecule has 0 amide bonds. The van der Waals surface area contributed by atoms with Crippen molar-refractivity contribution in [3.63, 3.8) is 0 Å². The summed E-state index contributed by atoms with van der Waals surface area (Å²) in [6, 6.07) is 12.7. The Bertz CT molecular complexity index is 2550. The number of aryl methyl sites for hydroxylation is 1. The Morgan fingerprint density at radius 3 is 2.44 bits per heavy atom. The average molecular weight is 864 g/mol. The van der Waals surface area contributed by atoms with Crippen LogP contribution in [-0.4, -0.2) is 78.1 Å². The van der Waals surface area contributed by atoms with Crippen molar-refractivity contribution in [1.82, 2.24) is 14.9 Å². The molecule has 1 spiro atoms. The molecular weight excluding hydrogens is 806 g/mol. The minimum atomic E-state index is -4.32. The molecule has 0 unspecified atom stereocenters. The molecule has 11 nitrogen and oxygen atoms in total. The number of fused-ring (bicyclic) bond motifs is 1. The van der Waals surface area contributed by atoms with Gasteiger partial charge in [0.1, 0.15) is 28.6 Å². The van der Waals surface area contributed by atoms with Crippen LogP contribution in [0.25, 0.3) is 11.0 Å². The van der Waals surface area contributed by atoms with Gasteiger partial charge in [0.05, 0.1) is 21.6 Å². The van der Waals surface area contributed by atoms with Gasteiger partial charge in [-0.05, 0) is 124 Å². The zero-order valence-electron chi connectivity index (χ0n) is 35.9. The van der Waals surface area contributed by atoms with Gasteiger partial charge in [0.2, 0.25) is 0 Å². The van der Waals surface area contributed by atoms with Gasteiger partial charge in [-0.2, -0.15) is 0 Å². The number of hydrogen-bond acceptors (Lipinski definition) is 9. The SMILES string of the molecule is CC12CC(C3=C(CN4CCN(c5ccc(C(=O)CS(=O)(=O)c6ccc(CCC7(F)CCCCC7)c([N+](=O)[O-])c6)c(Oc6cnc7[nH]ccc7c6)c5)CC4)CCC4(CCC4)C3)(C1)C2. The quantitative estimate of drug-likeness (QED) is 0.0568. The van der Waals surface area contributed by atoms with Crippen molar-refractivity contribution >= 4 is 38.0 Å². The minimum Gasteiger partial charge on any atom is -0.455 e. The lowest BCUT2D eigenvalue weighted by molar-refractivity contribution is -0.385. The first kappa shape index (κ1) is 41.4. The summed E-state index contributed by atoms with van der Waals surface area (Å²) in [7, 11) is -4.32. The van der Waals surface area contributed by atoms with E-state index < -0.39 is 32.0 Å². The van der Waals surface area contributed by atoms with Gasteiger partial charge >= 0.3 is 0 Å². The standard InChI is InChI=1S/C49H58FN5O6S/c1-46-31-48(32-46,33-46)41-27-47(13-5-14-47)17-10-36(41)29-53-20-22-54(23-21-53)37-7-9-40(44(25-37)61-38-24-35-12-19-51-45(35)52-28-38)43(56)30-62(59,60)39-8-6-34(42(26-39)55(57)58)11-18-49(50)15-3-2-4-16-49/h6-9,12,19,24-26,28H,2-5,10-11,13-18,20-23,27,29-33H2,1H3,(H,51,52). The fourth-order valence-electron chi connectivity index (χ4n) is 12.4. The number of anilines is 1. The molecule has 0 radical (unpaired) electrons. The number of carbonyl (C=O) groups is 1. The second kappa shape index (κ2) is 15.6. The van der Waals surface area contributed by atoms with Crippen molar-refractivity contribution < 1.29 is 27.3 Å².